The second-order valence-electron chi connectivity index (χ2n) is 7.09. The maximum atomic E-state index is 12.5. The van der Waals surface area contributed by atoms with Gasteiger partial charge in [0.1, 0.15) is 5.69 Å². The van der Waals surface area contributed by atoms with Gasteiger partial charge in [-0.2, -0.15) is 0 Å². The van der Waals surface area contributed by atoms with Crippen molar-refractivity contribution < 1.29 is 18.6 Å². The van der Waals surface area contributed by atoms with Crippen LogP contribution in [0.4, 0.5) is 0 Å². The SMILES string of the molecule is O=S(=O)(NC1CC(Cn2cc(-c3cccnc3)nn2)C(O)C1O)c1ccccc1. The number of aliphatic hydroxyl groups excluding tert-OH is 2. The number of aromatic nitrogens is 4. The van der Waals surface area contributed by atoms with Crippen LogP contribution in [0.25, 0.3) is 11.3 Å². The number of benzene rings is 1. The summed E-state index contributed by atoms with van der Waals surface area (Å²) in [7, 11) is -3.79. The summed E-state index contributed by atoms with van der Waals surface area (Å²) in [6, 6.07) is 10.8. The molecule has 1 fully saturated rings. The minimum absolute atomic E-state index is 0.113. The standard InChI is InChI=1S/C19H21N5O4S/c25-18-14(11-24-12-17(21-23-24)13-5-4-8-20-10-13)9-16(19(18)26)22-29(27,28)15-6-2-1-3-7-15/h1-8,10,12,14,16,18-19,22,25-26H,9,11H2. The lowest BCUT2D eigenvalue weighted by Gasteiger charge is -2.18. The molecule has 1 saturated carbocycles. The van der Waals surface area contributed by atoms with Gasteiger partial charge in [0.05, 0.1) is 29.3 Å². The van der Waals surface area contributed by atoms with Crippen LogP contribution in [0.15, 0.2) is 66.0 Å². The number of hydrogen-bond acceptors (Lipinski definition) is 7. The largest absolute Gasteiger partial charge is 0.390 e. The first-order chi connectivity index (χ1) is 13.9. The summed E-state index contributed by atoms with van der Waals surface area (Å²) in [5, 5.41) is 29.0. The average molecular weight is 415 g/mol. The van der Waals surface area contributed by atoms with Gasteiger partial charge in [-0.25, -0.2) is 13.1 Å². The number of rotatable bonds is 6. The Morgan fingerprint density at radius 3 is 2.62 bits per heavy atom. The molecule has 152 valence electrons. The first kappa shape index (κ1) is 19.6. The van der Waals surface area contributed by atoms with Gasteiger partial charge in [-0.05, 0) is 30.7 Å². The van der Waals surface area contributed by atoms with Gasteiger partial charge in [0, 0.05) is 30.4 Å². The Morgan fingerprint density at radius 2 is 1.90 bits per heavy atom. The van der Waals surface area contributed by atoms with Crippen LogP contribution in [0.3, 0.4) is 0 Å². The Balaban J connectivity index is 1.45. The highest BCUT2D eigenvalue weighted by atomic mass is 32.2. The monoisotopic (exact) mass is 415 g/mol. The summed E-state index contributed by atoms with van der Waals surface area (Å²) >= 11 is 0. The van der Waals surface area contributed by atoms with E-state index in [4.69, 9.17) is 0 Å². The summed E-state index contributed by atoms with van der Waals surface area (Å²) in [6.45, 7) is 0.301. The van der Waals surface area contributed by atoms with Crippen molar-refractivity contribution in [2.75, 3.05) is 0 Å². The summed E-state index contributed by atoms with van der Waals surface area (Å²) in [5.74, 6) is -0.378. The van der Waals surface area contributed by atoms with E-state index in [9.17, 15) is 18.6 Å². The Hall–Kier alpha value is -2.66. The fraction of sp³-hybridized carbons (Fsp3) is 0.316. The molecule has 29 heavy (non-hydrogen) atoms. The van der Waals surface area contributed by atoms with Gasteiger partial charge in [-0.1, -0.05) is 23.4 Å². The quantitative estimate of drug-likeness (QED) is 0.532. The second kappa shape index (κ2) is 7.99. The fourth-order valence-corrected chi connectivity index (χ4v) is 4.85. The molecular formula is C19H21N5O4S. The van der Waals surface area contributed by atoms with Crippen molar-refractivity contribution >= 4 is 10.0 Å². The van der Waals surface area contributed by atoms with E-state index < -0.39 is 28.3 Å². The van der Waals surface area contributed by atoms with Crippen LogP contribution >= 0.6 is 0 Å². The van der Waals surface area contributed by atoms with E-state index in [1.807, 2.05) is 6.07 Å². The highest BCUT2D eigenvalue weighted by Crippen LogP contribution is 2.29. The van der Waals surface area contributed by atoms with E-state index in [1.165, 1.54) is 12.1 Å². The van der Waals surface area contributed by atoms with Crippen LogP contribution in [-0.2, 0) is 16.6 Å². The van der Waals surface area contributed by atoms with Gasteiger partial charge in [-0.3, -0.25) is 9.67 Å². The Labute approximate surface area is 168 Å². The molecule has 2 heterocycles. The van der Waals surface area contributed by atoms with Gasteiger partial charge >= 0.3 is 0 Å². The van der Waals surface area contributed by atoms with E-state index in [-0.39, 0.29) is 17.2 Å². The zero-order valence-electron chi connectivity index (χ0n) is 15.4. The zero-order valence-corrected chi connectivity index (χ0v) is 16.2. The number of sulfonamides is 1. The minimum atomic E-state index is -3.79. The molecule has 0 saturated heterocycles. The van der Waals surface area contributed by atoms with Crippen molar-refractivity contribution in [2.45, 2.75) is 36.1 Å². The topological polar surface area (TPSA) is 130 Å². The summed E-state index contributed by atoms with van der Waals surface area (Å²) in [6.07, 6.45) is 3.07. The van der Waals surface area contributed by atoms with E-state index >= 15 is 0 Å². The minimum Gasteiger partial charge on any atom is -0.390 e. The van der Waals surface area contributed by atoms with Crippen LogP contribution in [0.5, 0.6) is 0 Å². The predicted molar refractivity (Wildman–Crippen MR) is 104 cm³/mol. The highest BCUT2D eigenvalue weighted by molar-refractivity contribution is 7.89. The maximum Gasteiger partial charge on any atom is 0.240 e. The lowest BCUT2D eigenvalue weighted by atomic mass is 10.1. The van der Waals surface area contributed by atoms with Crippen LogP contribution in [0.1, 0.15) is 6.42 Å². The van der Waals surface area contributed by atoms with Crippen LogP contribution in [0, 0.1) is 5.92 Å². The molecule has 0 radical (unpaired) electrons. The van der Waals surface area contributed by atoms with Crippen molar-refractivity contribution in [1.82, 2.24) is 24.7 Å². The number of hydrogen-bond donors (Lipinski definition) is 3. The molecule has 1 aliphatic carbocycles. The first-order valence-corrected chi connectivity index (χ1v) is 10.7. The molecule has 3 aromatic rings. The van der Waals surface area contributed by atoms with E-state index in [0.717, 1.165) is 5.56 Å². The van der Waals surface area contributed by atoms with Crippen molar-refractivity contribution in [3.63, 3.8) is 0 Å². The molecule has 0 bridgehead atoms. The molecule has 10 heteroatoms. The molecule has 0 amide bonds. The van der Waals surface area contributed by atoms with E-state index in [2.05, 4.69) is 20.0 Å². The van der Waals surface area contributed by atoms with Crippen LogP contribution in [0.2, 0.25) is 0 Å². The van der Waals surface area contributed by atoms with Gasteiger partial charge in [-0.15, -0.1) is 5.10 Å². The molecule has 0 spiro atoms. The Kier molecular flexibility index (Phi) is 5.41. The van der Waals surface area contributed by atoms with Crippen LogP contribution < -0.4 is 4.72 Å². The average Bonchev–Trinajstić information content (AvgIpc) is 3.30. The number of aliphatic hydroxyl groups is 2. The van der Waals surface area contributed by atoms with E-state index in [1.54, 1.807) is 47.5 Å². The van der Waals surface area contributed by atoms with Gasteiger partial charge in [0.2, 0.25) is 10.0 Å². The van der Waals surface area contributed by atoms with Crippen LogP contribution in [-0.4, -0.2) is 56.9 Å². The van der Waals surface area contributed by atoms with Gasteiger partial charge < -0.3 is 10.2 Å². The smallest absolute Gasteiger partial charge is 0.240 e. The van der Waals surface area contributed by atoms with Crippen molar-refractivity contribution in [3.05, 3.63) is 61.1 Å². The number of nitrogens with one attached hydrogen (secondary N) is 1. The third-order valence-electron chi connectivity index (χ3n) is 5.08. The maximum absolute atomic E-state index is 12.5. The normalized spacial score (nSPS) is 24.6. The molecule has 4 unspecified atom stereocenters. The lowest BCUT2D eigenvalue weighted by molar-refractivity contribution is 0.00972. The first-order valence-electron chi connectivity index (χ1n) is 9.18. The Morgan fingerprint density at radius 1 is 1.10 bits per heavy atom. The molecule has 0 aliphatic heterocycles. The predicted octanol–water partition coefficient (Wildman–Crippen LogP) is 0.429. The van der Waals surface area contributed by atoms with Crippen molar-refractivity contribution in [1.29, 1.82) is 0 Å². The fourth-order valence-electron chi connectivity index (χ4n) is 3.56. The number of pyridine rings is 1. The molecule has 4 rings (SSSR count). The Bertz CT molecular complexity index is 1060. The van der Waals surface area contributed by atoms with Gasteiger partial charge in [0.25, 0.3) is 0 Å². The molecule has 9 nitrogen and oxygen atoms in total. The summed E-state index contributed by atoms with van der Waals surface area (Å²) in [4.78, 5) is 4.16. The highest BCUT2D eigenvalue weighted by Gasteiger charge is 2.43. The summed E-state index contributed by atoms with van der Waals surface area (Å²) in [5.41, 5.74) is 1.46. The van der Waals surface area contributed by atoms with Crippen molar-refractivity contribution in [3.8, 4) is 11.3 Å². The lowest BCUT2D eigenvalue weighted by Crippen LogP contribution is -2.43. The van der Waals surface area contributed by atoms with Gasteiger partial charge in [0.15, 0.2) is 0 Å². The third kappa shape index (κ3) is 4.20. The molecule has 3 N–H and O–H groups in total. The number of nitrogens with zero attached hydrogens (tertiary/aromatic N) is 4. The van der Waals surface area contributed by atoms with E-state index in [0.29, 0.717) is 12.2 Å². The third-order valence-corrected chi connectivity index (χ3v) is 6.59. The molecule has 1 aromatic carbocycles. The molecule has 4 atom stereocenters. The zero-order chi connectivity index (χ0) is 20.4. The van der Waals surface area contributed by atoms with Crippen molar-refractivity contribution in [2.24, 2.45) is 5.92 Å². The molecular weight excluding hydrogens is 394 g/mol. The second-order valence-corrected chi connectivity index (χ2v) is 8.80. The molecule has 1 aliphatic rings. The summed E-state index contributed by atoms with van der Waals surface area (Å²) < 4.78 is 29.1. The molecule has 2 aromatic heterocycles.